The number of hydrogen-bond donors (Lipinski definition) is 2. The molecule has 158 valence electrons. The van der Waals surface area contributed by atoms with E-state index in [2.05, 4.69) is 20.5 Å². The highest BCUT2D eigenvalue weighted by atomic mass is 19.1. The van der Waals surface area contributed by atoms with Gasteiger partial charge in [0, 0.05) is 13.1 Å². The lowest BCUT2D eigenvalue weighted by atomic mass is 10.1. The summed E-state index contributed by atoms with van der Waals surface area (Å²) in [6, 6.07) is 12.5. The lowest BCUT2D eigenvalue weighted by Gasteiger charge is -2.26. The van der Waals surface area contributed by atoms with Gasteiger partial charge in [-0.05, 0) is 56.4 Å². The minimum atomic E-state index is -0.253. The standard InChI is InChI=1S/C22H31FN4O2/c1-6-24-22(25-14-16-8-7-9-18(23)12-16)26-15-19(27(2)3)17-10-11-20(28-4)21(13-17)29-5/h7-13,19H,6,14-15H2,1-5H3,(H2,24,25,26). The molecule has 0 amide bonds. The van der Waals surface area contributed by atoms with Gasteiger partial charge in [0.2, 0.25) is 0 Å². The van der Waals surface area contributed by atoms with Gasteiger partial charge in [-0.3, -0.25) is 0 Å². The first-order valence-electron chi connectivity index (χ1n) is 9.63. The second-order valence-electron chi connectivity index (χ2n) is 6.80. The molecule has 0 aliphatic heterocycles. The highest BCUT2D eigenvalue weighted by molar-refractivity contribution is 5.79. The van der Waals surface area contributed by atoms with Crippen LogP contribution in [0.1, 0.15) is 24.1 Å². The molecule has 7 heteroatoms. The predicted octanol–water partition coefficient (Wildman–Crippen LogP) is 3.20. The first-order valence-corrected chi connectivity index (χ1v) is 9.63. The number of nitrogens with zero attached hydrogens (tertiary/aromatic N) is 2. The number of guanidine groups is 1. The summed E-state index contributed by atoms with van der Waals surface area (Å²) >= 11 is 0. The fourth-order valence-electron chi connectivity index (χ4n) is 3.00. The third kappa shape index (κ3) is 6.64. The first kappa shape index (κ1) is 22.5. The topological polar surface area (TPSA) is 58.1 Å². The van der Waals surface area contributed by atoms with Crippen LogP contribution < -0.4 is 20.1 Å². The van der Waals surface area contributed by atoms with Gasteiger partial charge in [0.1, 0.15) is 5.82 Å². The Morgan fingerprint density at radius 3 is 2.45 bits per heavy atom. The van der Waals surface area contributed by atoms with Crippen molar-refractivity contribution in [3.05, 3.63) is 59.4 Å². The van der Waals surface area contributed by atoms with E-state index in [0.29, 0.717) is 30.5 Å². The lowest BCUT2D eigenvalue weighted by molar-refractivity contribution is 0.295. The van der Waals surface area contributed by atoms with Gasteiger partial charge in [0.05, 0.1) is 26.8 Å². The van der Waals surface area contributed by atoms with Crippen molar-refractivity contribution in [3.8, 4) is 11.5 Å². The van der Waals surface area contributed by atoms with Crippen molar-refractivity contribution in [3.63, 3.8) is 0 Å². The van der Waals surface area contributed by atoms with Crippen molar-refractivity contribution in [2.24, 2.45) is 4.99 Å². The van der Waals surface area contributed by atoms with Gasteiger partial charge < -0.3 is 25.0 Å². The molecule has 2 rings (SSSR count). The molecule has 1 unspecified atom stereocenters. The zero-order valence-electron chi connectivity index (χ0n) is 17.8. The van der Waals surface area contributed by atoms with E-state index in [9.17, 15) is 4.39 Å². The van der Waals surface area contributed by atoms with Gasteiger partial charge in [-0.15, -0.1) is 0 Å². The fraction of sp³-hybridized carbons (Fsp3) is 0.409. The molecule has 6 nitrogen and oxygen atoms in total. The number of halogens is 1. The lowest BCUT2D eigenvalue weighted by Crippen LogP contribution is -2.41. The van der Waals surface area contributed by atoms with Crippen molar-refractivity contribution in [2.75, 3.05) is 41.4 Å². The Kier molecular flexibility index (Phi) is 8.73. The van der Waals surface area contributed by atoms with Gasteiger partial charge in [-0.2, -0.15) is 0 Å². The molecule has 0 spiro atoms. The SMILES string of the molecule is CCNC(=NCc1cccc(F)c1)NCC(c1ccc(OC)c(OC)c1)N(C)C. The van der Waals surface area contributed by atoms with E-state index in [1.807, 2.05) is 45.3 Å². The van der Waals surface area contributed by atoms with Crippen LogP contribution in [-0.4, -0.2) is 52.3 Å². The summed E-state index contributed by atoms with van der Waals surface area (Å²) in [7, 11) is 7.31. The minimum Gasteiger partial charge on any atom is -0.493 e. The number of methoxy groups -OCH3 is 2. The number of nitrogens with one attached hydrogen (secondary N) is 2. The Hall–Kier alpha value is -2.80. The highest BCUT2D eigenvalue weighted by Crippen LogP contribution is 2.31. The third-order valence-electron chi connectivity index (χ3n) is 4.53. The second-order valence-corrected chi connectivity index (χ2v) is 6.80. The molecule has 0 aliphatic carbocycles. The number of likely N-dealkylation sites (N-methyl/N-ethyl adjacent to an activating group) is 1. The van der Waals surface area contributed by atoms with Crippen molar-refractivity contribution in [1.29, 1.82) is 0 Å². The maximum absolute atomic E-state index is 13.4. The van der Waals surface area contributed by atoms with Gasteiger partial charge in [-0.1, -0.05) is 18.2 Å². The largest absolute Gasteiger partial charge is 0.493 e. The van der Waals surface area contributed by atoms with E-state index in [1.54, 1.807) is 20.3 Å². The molecule has 0 aromatic heterocycles. The molecule has 0 fully saturated rings. The molecule has 29 heavy (non-hydrogen) atoms. The van der Waals surface area contributed by atoms with Crippen molar-refractivity contribution < 1.29 is 13.9 Å². The monoisotopic (exact) mass is 402 g/mol. The number of ether oxygens (including phenoxy) is 2. The Bertz CT molecular complexity index is 811. The van der Waals surface area contributed by atoms with E-state index >= 15 is 0 Å². The molecule has 0 saturated heterocycles. The minimum absolute atomic E-state index is 0.0906. The summed E-state index contributed by atoms with van der Waals surface area (Å²) in [4.78, 5) is 6.70. The highest BCUT2D eigenvalue weighted by Gasteiger charge is 2.17. The van der Waals surface area contributed by atoms with Crippen LogP contribution in [0.4, 0.5) is 4.39 Å². The second kappa shape index (κ2) is 11.3. The molecule has 0 bridgehead atoms. The molecular weight excluding hydrogens is 371 g/mol. The number of benzene rings is 2. The van der Waals surface area contributed by atoms with Crippen LogP contribution in [0.2, 0.25) is 0 Å². The molecule has 2 N–H and O–H groups in total. The normalized spacial score (nSPS) is 12.6. The third-order valence-corrected chi connectivity index (χ3v) is 4.53. The summed E-state index contributed by atoms with van der Waals surface area (Å²) in [5.41, 5.74) is 1.92. The smallest absolute Gasteiger partial charge is 0.191 e. The Balaban J connectivity index is 2.13. The molecule has 0 heterocycles. The molecule has 0 aliphatic rings. The fourth-order valence-corrected chi connectivity index (χ4v) is 3.00. The number of aliphatic imine (C=N–C) groups is 1. The van der Waals surface area contributed by atoms with Gasteiger partial charge >= 0.3 is 0 Å². The molecule has 1 atom stereocenters. The average molecular weight is 403 g/mol. The van der Waals surface area contributed by atoms with Gasteiger partial charge in [-0.25, -0.2) is 9.38 Å². The van der Waals surface area contributed by atoms with Crippen LogP contribution in [0.15, 0.2) is 47.5 Å². The number of hydrogen-bond acceptors (Lipinski definition) is 4. The summed E-state index contributed by atoms with van der Waals surface area (Å²) in [5.74, 6) is 1.83. The first-order chi connectivity index (χ1) is 14.0. The van der Waals surface area contributed by atoms with Crippen LogP contribution in [0.3, 0.4) is 0 Å². The molecule has 0 saturated carbocycles. The maximum Gasteiger partial charge on any atom is 0.191 e. The van der Waals surface area contributed by atoms with Crippen LogP contribution >= 0.6 is 0 Å². The Morgan fingerprint density at radius 2 is 1.83 bits per heavy atom. The van der Waals surface area contributed by atoms with E-state index in [4.69, 9.17) is 9.47 Å². The molecule has 0 radical (unpaired) electrons. The van der Waals surface area contributed by atoms with Gasteiger partial charge in [0.15, 0.2) is 17.5 Å². The van der Waals surface area contributed by atoms with Crippen molar-refractivity contribution >= 4 is 5.96 Å². The number of rotatable bonds is 9. The summed E-state index contributed by atoms with van der Waals surface area (Å²) in [6.45, 7) is 3.78. The van der Waals surface area contributed by atoms with Crippen LogP contribution in [0, 0.1) is 5.82 Å². The Morgan fingerprint density at radius 1 is 1.07 bits per heavy atom. The molecule has 2 aromatic rings. The van der Waals surface area contributed by atoms with Gasteiger partial charge in [0.25, 0.3) is 0 Å². The quantitative estimate of drug-likeness (QED) is 0.498. The average Bonchev–Trinajstić information content (AvgIpc) is 2.71. The predicted molar refractivity (Wildman–Crippen MR) is 115 cm³/mol. The van der Waals surface area contributed by atoms with Crippen LogP contribution in [-0.2, 0) is 6.54 Å². The van der Waals surface area contributed by atoms with Crippen LogP contribution in [0.25, 0.3) is 0 Å². The molecular formula is C22H31FN4O2. The summed E-state index contributed by atoms with van der Waals surface area (Å²) in [6.07, 6.45) is 0. The maximum atomic E-state index is 13.4. The van der Waals surface area contributed by atoms with E-state index in [0.717, 1.165) is 17.7 Å². The molecule has 2 aromatic carbocycles. The zero-order valence-corrected chi connectivity index (χ0v) is 17.8. The van der Waals surface area contributed by atoms with Crippen molar-refractivity contribution in [1.82, 2.24) is 15.5 Å². The van der Waals surface area contributed by atoms with E-state index in [1.165, 1.54) is 12.1 Å². The van der Waals surface area contributed by atoms with Crippen LogP contribution in [0.5, 0.6) is 11.5 Å². The van der Waals surface area contributed by atoms with Crippen molar-refractivity contribution in [2.45, 2.75) is 19.5 Å². The Labute approximate surface area is 172 Å². The van der Waals surface area contributed by atoms with E-state index < -0.39 is 0 Å². The zero-order chi connectivity index (χ0) is 21.2. The summed E-state index contributed by atoms with van der Waals surface area (Å²) < 4.78 is 24.2. The van der Waals surface area contributed by atoms with E-state index in [-0.39, 0.29) is 11.9 Å². The summed E-state index contributed by atoms with van der Waals surface area (Å²) in [5, 5.41) is 6.62.